The highest BCUT2D eigenvalue weighted by molar-refractivity contribution is 6.31. The number of halogens is 1. The van der Waals surface area contributed by atoms with Gasteiger partial charge in [-0.05, 0) is 12.1 Å². The minimum Gasteiger partial charge on any atom is -0.320 e. The lowest BCUT2D eigenvalue weighted by Crippen LogP contribution is -2.36. The van der Waals surface area contributed by atoms with Crippen LogP contribution in [-0.4, -0.2) is 34.8 Å². The van der Waals surface area contributed by atoms with Crippen molar-refractivity contribution in [3.63, 3.8) is 0 Å². The third kappa shape index (κ3) is 2.82. The molecule has 0 spiro atoms. The van der Waals surface area contributed by atoms with Gasteiger partial charge in [-0.25, -0.2) is 0 Å². The molecule has 0 radical (unpaired) electrons. The van der Waals surface area contributed by atoms with Crippen LogP contribution in [0.5, 0.6) is 0 Å². The van der Waals surface area contributed by atoms with Crippen molar-refractivity contribution < 1.29 is 9.72 Å². The highest BCUT2D eigenvalue weighted by Crippen LogP contribution is 2.28. The van der Waals surface area contributed by atoms with E-state index in [0.29, 0.717) is 19.0 Å². The Morgan fingerprint density at radius 1 is 1.58 bits per heavy atom. The minimum atomic E-state index is -0.540. The summed E-state index contributed by atoms with van der Waals surface area (Å²) in [6.07, 6.45) is 0. The SMILES string of the molecule is CC(=O)N1CCN=C1Nc1ccc(Cl)cc1[N+](=O)[O-]. The molecule has 2 rings (SSSR count). The summed E-state index contributed by atoms with van der Waals surface area (Å²) in [4.78, 5) is 27.3. The standard InChI is InChI=1S/C11H11ClN4O3/c1-7(17)15-5-4-13-11(15)14-9-3-2-8(12)6-10(9)16(18)19/h2-3,6H,4-5H2,1H3,(H,13,14). The van der Waals surface area contributed by atoms with Gasteiger partial charge in [-0.15, -0.1) is 0 Å². The molecule has 0 atom stereocenters. The summed E-state index contributed by atoms with van der Waals surface area (Å²) < 4.78 is 0. The van der Waals surface area contributed by atoms with Gasteiger partial charge in [0, 0.05) is 24.6 Å². The number of hydrogen-bond acceptors (Lipinski definition) is 5. The van der Waals surface area contributed by atoms with Crippen LogP contribution in [0, 0.1) is 10.1 Å². The number of hydrogen-bond donors (Lipinski definition) is 1. The van der Waals surface area contributed by atoms with Crippen LogP contribution in [0.2, 0.25) is 5.02 Å². The number of benzene rings is 1. The number of carbonyl (C=O) groups is 1. The minimum absolute atomic E-state index is 0.161. The molecule has 0 fully saturated rings. The van der Waals surface area contributed by atoms with Gasteiger partial charge in [0.05, 0.1) is 11.5 Å². The van der Waals surface area contributed by atoms with E-state index in [1.165, 1.54) is 30.0 Å². The van der Waals surface area contributed by atoms with Gasteiger partial charge in [0.1, 0.15) is 5.69 Å². The molecule has 0 aromatic heterocycles. The maximum absolute atomic E-state index is 11.4. The fraction of sp³-hybridized carbons (Fsp3) is 0.273. The number of aliphatic imine (C=N–C) groups is 1. The van der Waals surface area contributed by atoms with Crippen molar-refractivity contribution in [3.8, 4) is 0 Å². The summed E-state index contributed by atoms with van der Waals surface area (Å²) in [6, 6.07) is 4.27. The van der Waals surface area contributed by atoms with E-state index in [4.69, 9.17) is 11.6 Å². The molecule has 0 unspecified atom stereocenters. The molecule has 7 nitrogen and oxygen atoms in total. The van der Waals surface area contributed by atoms with Crippen molar-refractivity contribution in [1.29, 1.82) is 0 Å². The monoisotopic (exact) mass is 282 g/mol. The molecule has 100 valence electrons. The summed E-state index contributed by atoms with van der Waals surface area (Å²) in [6.45, 7) is 2.36. The van der Waals surface area contributed by atoms with Gasteiger partial charge in [-0.3, -0.25) is 24.8 Å². The normalized spacial score (nSPS) is 14.2. The quantitative estimate of drug-likeness (QED) is 0.662. The zero-order chi connectivity index (χ0) is 14.0. The van der Waals surface area contributed by atoms with Crippen molar-refractivity contribution in [2.24, 2.45) is 4.99 Å². The zero-order valence-corrected chi connectivity index (χ0v) is 10.8. The molecule has 19 heavy (non-hydrogen) atoms. The van der Waals surface area contributed by atoms with Crippen LogP contribution in [0.1, 0.15) is 6.92 Å². The molecule has 8 heteroatoms. The fourth-order valence-electron chi connectivity index (χ4n) is 1.74. The topological polar surface area (TPSA) is 87.8 Å². The third-order valence-electron chi connectivity index (χ3n) is 2.62. The second-order valence-corrected chi connectivity index (χ2v) is 4.36. The number of nitro benzene ring substituents is 1. The number of anilines is 1. The Hall–Kier alpha value is -2.15. The van der Waals surface area contributed by atoms with E-state index in [1.807, 2.05) is 0 Å². The lowest BCUT2D eigenvalue weighted by Gasteiger charge is -2.17. The Morgan fingerprint density at radius 2 is 2.32 bits per heavy atom. The predicted octanol–water partition coefficient (Wildman–Crippen LogP) is 1.88. The van der Waals surface area contributed by atoms with E-state index >= 15 is 0 Å². The lowest BCUT2D eigenvalue weighted by atomic mass is 10.2. The van der Waals surface area contributed by atoms with E-state index in [0.717, 1.165) is 0 Å². The molecular weight excluding hydrogens is 272 g/mol. The Morgan fingerprint density at radius 3 is 2.95 bits per heavy atom. The van der Waals surface area contributed by atoms with Crippen molar-refractivity contribution in [2.45, 2.75) is 6.92 Å². The first kappa shape index (κ1) is 13.3. The van der Waals surface area contributed by atoms with Gasteiger partial charge in [0.2, 0.25) is 11.9 Å². The number of nitro groups is 1. The summed E-state index contributed by atoms with van der Waals surface area (Å²) in [5.41, 5.74) is 0.0897. The Labute approximate surface area is 114 Å². The van der Waals surface area contributed by atoms with E-state index in [1.54, 1.807) is 0 Å². The van der Waals surface area contributed by atoms with E-state index in [-0.39, 0.29) is 22.3 Å². The van der Waals surface area contributed by atoms with E-state index in [2.05, 4.69) is 10.3 Å². The van der Waals surface area contributed by atoms with Crippen LogP contribution in [0.25, 0.3) is 0 Å². The first-order chi connectivity index (χ1) is 8.99. The smallest absolute Gasteiger partial charge is 0.294 e. The summed E-state index contributed by atoms with van der Waals surface area (Å²) in [5.74, 6) is 0.151. The highest BCUT2D eigenvalue weighted by atomic mass is 35.5. The molecule has 1 N–H and O–H groups in total. The molecule has 1 aliphatic heterocycles. The molecule has 1 aliphatic rings. The molecule has 1 aromatic carbocycles. The number of guanidine groups is 1. The third-order valence-corrected chi connectivity index (χ3v) is 2.86. The van der Waals surface area contributed by atoms with Crippen LogP contribution in [-0.2, 0) is 4.79 Å². The highest BCUT2D eigenvalue weighted by Gasteiger charge is 2.23. The predicted molar refractivity (Wildman–Crippen MR) is 71.4 cm³/mol. The molecule has 1 aromatic rings. The lowest BCUT2D eigenvalue weighted by molar-refractivity contribution is -0.383. The second kappa shape index (κ2) is 5.23. The van der Waals surface area contributed by atoms with E-state index in [9.17, 15) is 14.9 Å². The average Bonchev–Trinajstić information content (AvgIpc) is 2.79. The maximum Gasteiger partial charge on any atom is 0.294 e. The maximum atomic E-state index is 11.4. The van der Waals surface area contributed by atoms with Crippen LogP contribution in [0.4, 0.5) is 11.4 Å². The van der Waals surface area contributed by atoms with Crippen molar-refractivity contribution in [1.82, 2.24) is 4.90 Å². The number of nitrogens with zero attached hydrogens (tertiary/aromatic N) is 3. The van der Waals surface area contributed by atoms with Crippen LogP contribution in [0.15, 0.2) is 23.2 Å². The van der Waals surface area contributed by atoms with Crippen LogP contribution >= 0.6 is 11.6 Å². The zero-order valence-electron chi connectivity index (χ0n) is 10.1. The Bertz CT molecular complexity index is 573. The van der Waals surface area contributed by atoms with E-state index < -0.39 is 4.92 Å². The number of amides is 1. The summed E-state index contributed by atoms with van der Waals surface area (Å²) in [7, 11) is 0. The molecule has 1 heterocycles. The van der Waals surface area contributed by atoms with Crippen molar-refractivity contribution in [3.05, 3.63) is 33.3 Å². The molecule has 1 amide bonds. The Kier molecular flexibility index (Phi) is 3.66. The van der Waals surface area contributed by atoms with Gasteiger partial charge in [-0.1, -0.05) is 11.6 Å². The van der Waals surface area contributed by atoms with Gasteiger partial charge in [0.25, 0.3) is 5.69 Å². The van der Waals surface area contributed by atoms with Gasteiger partial charge >= 0.3 is 0 Å². The fourth-order valence-corrected chi connectivity index (χ4v) is 1.91. The van der Waals surface area contributed by atoms with Crippen molar-refractivity contribution >= 4 is 34.8 Å². The number of carbonyl (C=O) groups excluding carboxylic acids is 1. The largest absolute Gasteiger partial charge is 0.320 e. The van der Waals surface area contributed by atoms with Gasteiger partial charge < -0.3 is 5.32 Å². The molecule has 0 saturated carbocycles. The second-order valence-electron chi connectivity index (χ2n) is 3.92. The molecular formula is C11H11ClN4O3. The summed E-state index contributed by atoms with van der Waals surface area (Å²) in [5, 5.41) is 14.0. The van der Waals surface area contributed by atoms with Gasteiger partial charge in [0.15, 0.2) is 0 Å². The first-order valence-corrected chi connectivity index (χ1v) is 5.90. The molecule has 0 saturated heterocycles. The first-order valence-electron chi connectivity index (χ1n) is 5.52. The number of rotatable bonds is 2. The van der Waals surface area contributed by atoms with Crippen LogP contribution < -0.4 is 5.32 Å². The number of nitrogens with one attached hydrogen (secondary N) is 1. The van der Waals surface area contributed by atoms with Gasteiger partial charge in [-0.2, -0.15) is 0 Å². The molecule has 0 aliphatic carbocycles. The Balaban J connectivity index is 2.29. The average molecular weight is 283 g/mol. The summed E-state index contributed by atoms with van der Waals surface area (Å²) >= 11 is 5.73. The molecule has 0 bridgehead atoms. The van der Waals surface area contributed by atoms with Crippen molar-refractivity contribution in [2.75, 3.05) is 18.4 Å². The van der Waals surface area contributed by atoms with Crippen LogP contribution in [0.3, 0.4) is 0 Å².